The number of ether oxygens (including phenoxy) is 4. The van der Waals surface area contributed by atoms with Gasteiger partial charge in [-0.15, -0.1) is 0 Å². The molecule has 0 rings (SSSR count). The van der Waals surface area contributed by atoms with Crippen molar-refractivity contribution in [3.8, 4) is 0 Å². The van der Waals surface area contributed by atoms with E-state index < -0.39 is 97.5 Å². The molecule has 3 N–H and O–H groups in total. The van der Waals surface area contributed by atoms with Crippen LogP contribution in [-0.2, 0) is 65.4 Å². The summed E-state index contributed by atoms with van der Waals surface area (Å²) in [6.45, 7) is 4.88. The van der Waals surface area contributed by atoms with Gasteiger partial charge in [-0.05, 0) is 25.7 Å². The first kappa shape index (κ1) is 85.1. The van der Waals surface area contributed by atoms with Gasteiger partial charge in [0.1, 0.15) is 19.3 Å². The quantitative estimate of drug-likeness (QED) is 0.0222. The Morgan fingerprint density at radius 3 is 0.678 bits per heavy atom. The summed E-state index contributed by atoms with van der Waals surface area (Å²) in [6, 6.07) is 0. The van der Waals surface area contributed by atoms with Crippen LogP contribution in [-0.4, -0.2) is 96.7 Å². The van der Waals surface area contributed by atoms with E-state index in [9.17, 15) is 43.2 Å². The molecule has 0 amide bonds. The largest absolute Gasteiger partial charge is 0.472 e. The molecule has 0 bridgehead atoms. The first-order valence-corrected chi connectivity index (χ1v) is 38.8. The summed E-state index contributed by atoms with van der Waals surface area (Å²) in [5, 5.41) is 10.5. The number of unbranched alkanes of at least 4 members (excludes halogenated alkanes) is 43. The van der Waals surface area contributed by atoms with Crippen LogP contribution in [0.1, 0.15) is 355 Å². The number of esters is 4. The molecule has 0 aromatic rings. The summed E-state index contributed by atoms with van der Waals surface area (Å²) in [7, 11) is -9.88. The van der Waals surface area contributed by atoms with Crippen molar-refractivity contribution in [3.05, 3.63) is 0 Å². The van der Waals surface area contributed by atoms with Crippen molar-refractivity contribution in [2.24, 2.45) is 0 Å². The molecule has 5 atom stereocenters. The fourth-order valence-corrected chi connectivity index (χ4v) is 11.9. The zero-order chi connectivity index (χ0) is 64.0. The molecule has 87 heavy (non-hydrogen) atoms. The van der Waals surface area contributed by atoms with Gasteiger partial charge in [0.2, 0.25) is 0 Å². The summed E-state index contributed by atoms with van der Waals surface area (Å²) >= 11 is 0. The highest BCUT2D eigenvalue weighted by molar-refractivity contribution is 7.47. The van der Waals surface area contributed by atoms with Gasteiger partial charge in [-0.2, -0.15) is 0 Å². The van der Waals surface area contributed by atoms with Crippen LogP contribution in [0.15, 0.2) is 0 Å². The predicted molar refractivity (Wildman–Crippen MR) is 349 cm³/mol. The smallest absolute Gasteiger partial charge is 0.462 e. The standard InChI is InChI=1S/C68H132O17P2/c1-5-9-13-17-21-25-27-29-30-31-32-33-35-37-39-43-47-51-55-68(73)85-64(59-79-66(71)53-49-45-42-38-36-34-28-26-22-18-14-10-6-2)61-83-87(76,77)81-57-62(69)56-80-86(74,75)82-60-63(84-67(72)54-50-46-41-24-20-16-12-8-4)58-78-65(70)52-48-44-40-23-19-15-11-7-3/h62-64,69H,5-61H2,1-4H3,(H,74,75)(H,76,77)/t62-,63+,64+/m0/s1. The second-order valence-corrected chi connectivity index (χ2v) is 27.5. The lowest BCUT2D eigenvalue weighted by molar-refractivity contribution is -0.161. The van der Waals surface area contributed by atoms with Crippen LogP contribution >= 0.6 is 15.6 Å². The first-order valence-electron chi connectivity index (χ1n) is 35.8. The molecule has 0 aromatic carbocycles. The minimum Gasteiger partial charge on any atom is -0.462 e. The number of carbonyl (C=O) groups is 4. The fourth-order valence-electron chi connectivity index (χ4n) is 10.3. The van der Waals surface area contributed by atoms with Gasteiger partial charge in [0.25, 0.3) is 0 Å². The van der Waals surface area contributed by atoms with E-state index in [0.29, 0.717) is 25.7 Å². The zero-order valence-electron chi connectivity index (χ0n) is 56.0. The summed E-state index contributed by atoms with van der Waals surface area (Å²) in [5.41, 5.74) is 0. The van der Waals surface area contributed by atoms with Crippen LogP contribution in [0, 0.1) is 0 Å². The van der Waals surface area contributed by atoms with Gasteiger partial charge in [-0.1, -0.05) is 304 Å². The normalized spacial score (nSPS) is 14.1. The molecule has 19 heteroatoms. The SMILES string of the molecule is CCCCCCCCCCCCCCCCCCCCC(=O)O[C@H](COC(=O)CCCCCCCCCCCCCCC)COP(=O)(O)OC[C@@H](O)COP(=O)(O)OC[C@@H](COC(=O)CCCCCCCCCC)OC(=O)CCCCCCCCCC. The van der Waals surface area contributed by atoms with E-state index in [1.165, 1.54) is 173 Å². The van der Waals surface area contributed by atoms with Crippen LogP contribution in [0.2, 0.25) is 0 Å². The maximum absolute atomic E-state index is 13.0. The van der Waals surface area contributed by atoms with Crippen molar-refractivity contribution in [2.75, 3.05) is 39.6 Å². The highest BCUT2D eigenvalue weighted by Crippen LogP contribution is 2.45. The predicted octanol–water partition coefficient (Wildman–Crippen LogP) is 19.5. The molecule has 2 unspecified atom stereocenters. The number of phosphoric ester groups is 2. The van der Waals surface area contributed by atoms with Crippen molar-refractivity contribution >= 4 is 39.5 Å². The van der Waals surface area contributed by atoms with Gasteiger partial charge in [-0.3, -0.25) is 37.3 Å². The summed E-state index contributed by atoms with van der Waals surface area (Å²) in [4.78, 5) is 72.2. The molecule has 516 valence electrons. The lowest BCUT2D eigenvalue weighted by Crippen LogP contribution is -2.30. The van der Waals surface area contributed by atoms with E-state index in [2.05, 4.69) is 27.7 Å². The third-order valence-electron chi connectivity index (χ3n) is 15.9. The van der Waals surface area contributed by atoms with E-state index in [4.69, 9.17) is 37.0 Å². The van der Waals surface area contributed by atoms with Crippen LogP contribution in [0.5, 0.6) is 0 Å². The molecular weight excluding hydrogens is 1150 g/mol. The Balaban J connectivity index is 5.17. The van der Waals surface area contributed by atoms with Crippen molar-refractivity contribution in [3.63, 3.8) is 0 Å². The molecule has 0 saturated heterocycles. The first-order chi connectivity index (χ1) is 42.2. The van der Waals surface area contributed by atoms with Gasteiger partial charge in [0.15, 0.2) is 12.2 Å². The maximum atomic E-state index is 13.0. The molecule has 0 heterocycles. The topological polar surface area (TPSA) is 237 Å². The zero-order valence-corrected chi connectivity index (χ0v) is 57.8. The number of rotatable bonds is 69. The number of phosphoric acid groups is 2. The van der Waals surface area contributed by atoms with Crippen molar-refractivity contribution in [1.29, 1.82) is 0 Å². The Bertz CT molecular complexity index is 1670. The van der Waals surface area contributed by atoms with E-state index in [1.807, 2.05) is 0 Å². The Kier molecular flexibility index (Phi) is 61.4. The van der Waals surface area contributed by atoms with Crippen LogP contribution in [0.4, 0.5) is 0 Å². The van der Waals surface area contributed by atoms with Crippen molar-refractivity contribution in [1.82, 2.24) is 0 Å². The number of hydrogen-bond donors (Lipinski definition) is 3. The molecule has 0 aliphatic rings. The van der Waals surface area contributed by atoms with Gasteiger partial charge < -0.3 is 33.8 Å². The van der Waals surface area contributed by atoms with E-state index >= 15 is 0 Å². The second-order valence-electron chi connectivity index (χ2n) is 24.6. The van der Waals surface area contributed by atoms with Gasteiger partial charge in [0.05, 0.1) is 26.4 Å². The molecule has 0 aliphatic carbocycles. The fraction of sp³-hybridized carbons (Fsp3) is 0.941. The Morgan fingerprint density at radius 1 is 0.276 bits per heavy atom. The Hall–Kier alpha value is -1.94. The number of carbonyl (C=O) groups excluding carboxylic acids is 4. The van der Waals surface area contributed by atoms with Gasteiger partial charge in [0, 0.05) is 25.7 Å². The van der Waals surface area contributed by atoms with Crippen LogP contribution in [0.25, 0.3) is 0 Å². The molecule has 0 aliphatic heterocycles. The lowest BCUT2D eigenvalue weighted by Gasteiger charge is -2.21. The Morgan fingerprint density at radius 2 is 0.460 bits per heavy atom. The minimum atomic E-state index is -4.95. The summed E-state index contributed by atoms with van der Waals surface area (Å²) in [6.07, 6.45) is 50.1. The molecule has 0 radical (unpaired) electrons. The van der Waals surface area contributed by atoms with Crippen LogP contribution < -0.4 is 0 Å². The molecule has 0 saturated carbocycles. The average molecular weight is 1280 g/mol. The van der Waals surface area contributed by atoms with Gasteiger partial charge >= 0.3 is 39.5 Å². The summed E-state index contributed by atoms with van der Waals surface area (Å²) < 4.78 is 68.0. The van der Waals surface area contributed by atoms with Crippen molar-refractivity contribution in [2.45, 2.75) is 373 Å². The third kappa shape index (κ3) is 62.6. The number of aliphatic hydroxyl groups excluding tert-OH is 1. The second kappa shape index (κ2) is 62.8. The molecule has 0 spiro atoms. The lowest BCUT2D eigenvalue weighted by atomic mass is 10.0. The minimum absolute atomic E-state index is 0.105. The van der Waals surface area contributed by atoms with E-state index in [1.54, 1.807) is 0 Å². The highest BCUT2D eigenvalue weighted by atomic mass is 31.2. The van der Waals surface area contributed by atoms with Crippen LogP contribution in [0.3, 0.4) is 0 Å². The van der Waals surface area contributed by atoms with Gasteiger partial charge in [-0.25, -0.2) is 9.13 Å². The highest BCUT2D eigenvalue weighted by Gasteiger charge is 2.30. The molecule has 17 nitrogen and oxygen atoms in total. The van der Waals surface area contributed by atoms with E-state index in [-0.39, 0.29) is 25.7 Å². The van der Waals surface area contributed by atoms with E-state index in [0.717, 1.165) is 103 Å². The number of aliphatic hydroxyl groups is 1. The Labute approximate surface area is 530 Å². The molecule has 0 fully saturated rings. The van der Waals surface area contributed by atoms with Crippen molar-refractivity contribution < 1.29 is 80.2 Å². The maximum Gasteiger partial charge on any atom is 0.472 e. The molecule has 0 aromatic heterocycles. The molecular formula is C68H132O17P2. The number of hydrogen-bond acceptors (Lipinski definition) is 15. The monoisotopic (exact) mass is 1280 g/mol. The average Bonchev–Trinajstić information content (AvgIpc) is 3.71. The third-order valence-corrected chi connectivity index (χ3v) is 17.8. The summed E-state index contributed by atoms with van der Waals surface area (Å²) in [5.74, 6) is -2.13.